The van der Waals surface area contributed by atoms with E-state index in [4.69, 9.17) is 0 Å². The van der Waals surface area contributed by atoms with E-state index in [1.54, 1.807) is 18.0 Å². The van der Waals surface area contributed by atoms with E-state index in [1.807, 2.05) is 9.47 Å². The zero-order valence-electron chi connectivity index (χ0n) is 13.1. The Morgan fingerprint density at radius 1 is 1.33 bits per heavy atom. The molecule has 0 spiro atoms. The quantitative estimate of drug-likeness (QED) is 0.816. The largest absolute Gasteiger partial charge is 0.508 e. The minimum Gasteiger partial charge on any atom is -0.508 e. The minimum atomic E-state index is -0.377. The van der Waals surface area contributed by atoms with Crippen molar-refractivity contribution in [2.24, 2.45) is 0 Å². The van der Waals surface area contributed by atoms with Crippen molar-refractivity contribution < 1.29 is 9.50 Å². The van der Waals surface area contributed by atoms with Gasteiger partial charge in [-0.15, -0.1) is 11.8 Å². The number of aliphatic hydroxyl groups is 1. The first-order chi connectivity index (χ1) is 11.6. The van der Waals surface area contributed by atoms with E-state index in [2.05, 4.69) is 11.9 Å². The predicted octanol–water partition coefficient (Wildman–Crippen LogP) is 2.18. The second-order valence-electron chi connectivity index (χ2n) is 6.03. The molecule has 1 aromatic heterocycles. The van der Waals surface area contributed by atoms with Crippen LogP contribution in [0.15, 0.2) is 28.5 Å². The number of benzene rings is 1. The molecular weight excluding hydrogens is 329 g/mol. The fraction of sp³-hybridized carbons (Fsp3) is 0.353. The third kappa shape index (κ3) is 2.31. The Morgan fingerprint density at radius 3 is 2.79 bits per heavy atom. The molecule has 1 fully saturated rings. The summed E-state index contributed by atoms with van der Waals surface area (Å²) in [7, 11) is 0. The molecule has 3 heterocycles. The molecule has 0 saturated carbocycles. The van der Waals surface area contributed by atoms with Crippen LogP contribution in [0.4, 0.5) is 10.1 Å². The third-order valence-electron chi connectivity index (χ3n) is 4.57. The van der Waals surface area contributed by atoms with Gasteiger partial charge in [-0.05, 0) is 6.07 Å². The summed E-state index contributed by atoms with van der Waals surface area (Å²) in [5.41, 5.74) is 1.12. The number of halogens is 1. The number of hydrogen-bond acceptors (Lipinski definition) is 5. The predicted molar refractivity (Wildman–Crippen MR) is 95.6 cm³/mol. The topological polar surface area (TPSA) is 57.5 Å². The molecule has 1 aromatic carbocycles. The van der Waals surface area contributed by atoms with Crippen LogP contribution in [0.25, 0.3) is 16.7 Å². The van der Waals surface area contributed by atoms with Gasteiger partial charge in [0, 0.05) is 44.7 Å². The lowest BCUT2D eigenvalue weighted by Crippen LogP contribution is -2.44. The molecule has 2 aromatic rings. The lowest BCUT2D eigenvalue weighted by Gasteiger charge is -2.33. The molecule has 24 heavy (non-hydrogen) atoms. The summed E-state index contributed by atoms with van der Waals surface area (Å²) < 4.78 is 16.8. The number of aryl methyl sites for hydroxylation is 1. The Morgan fingerprint density at radius 2 is 2.08 bits per heavy atom. The van der Waals surface area contributed by atoms with Gasteiger partial charge >= 0.3 is 0 Å². The van der Waals surface area contributed by atoms with E-state index in [-0.39, 0.29) is 22.6 Å². The highest BCUT2D eigenvalue weighted by atomic mass is 32.2. The van der Waals surface area contributed by atoms with Crippen molar-refractivity contribution in [3.8, 4) is 0 Å². The number of nitrogens with one attached hydrogen (secondary N) is 1. The first-order valence-corrected chi connectivity index (χ1v) is 8.93. The molecule has 0 amide bonds. The monoisotopic (exact) mass is 347 g/mol. The van der Waals surface area contributed by atoms with Gasteiger partial charge < -0.3 is 19.9 Å². The average Bonchev–Trinajstić information content (AvgIpc) is 2.58. The molecule has 1 saturated heterocycles. The molecular formula is C17H18FN3O2S. The molecule has 7 heteroatoms. The zero-order chi connectivity index (χ0) is 16.8. The van der Waals surface area contributed by atoms with Crippen molar-refractivity contribution in [2.45, 2.75) is 11.4 Å². The van der Waals surface area contributed by atoms with Crippen LogP contribution in [0.5, 0.6) is 0 Å². The number of thioether (sulfide) groups is 1. The number of rotatable bonds is 2. The number of nitrogens with zero attached hydrogens (tertiary/aromatic N) is 2. The lowest BCUT2D eigenvalue weighted by atomic mass is 10.1. The average molecular weight is 347 g/mol. The molecule has 2 aliphatic heterocycles. The first kappa shape index (κ1) is 15.5. The van der Waals surface area contributed by atoms with Gasteiger partial charge in [0.25, 0.3) is 0 Å². The van der Waals surface area contributed by atoms with E-state index >= 15 is 0 Å². The summed E-state index contributed by atoms with van der Waals surface area (Å²) in [5, 5.41) is 13.3. The second kappa shape index (κ2) is 5.82. The maximum atomic E-state index is 14.9. The van der Waals surface area contributed by atoms with Crippen LogP contribution in [0.1, 0.15) is 5.56 Å². The van der Waals surface area contributed by atoms with Crippen LogP contribution in [0.3, 0.4) is 0 Å². The number of piperazine rings is 1. The van der Waals surface area contributed by atoms with Crippen molar-refractivity contribution in [2.75, 3.05) is 36.8 Å². The lowest BCUT2D eigenvalue weighted by molar-refractivity contribution is 0.512. The highest BCUT2D eigenvalue weighted by Gasteiger charge is 2.26. The van der Waals surface area contributed by atoms with E-state index in [0.717, 1.165) is 42.3 Å². The Labute approximate surface area is 142 Å². The molecule has 0 bridgehead atoms. The molecule has 2 aliphatic rings. The Kier molecular flexibility index (Phi) is 3.77. The standard InChI is InChI=1S/C17H18FN3O2S/c1-10(22)12-9-21-6-7-24-17-14(21)11(16(12)23)8-13(18)15(17)20-4-2-19-3-5-20/h8-9,19,22H,1-7H2. The van der Waals surface area contributed by atoms with Gasteiger partial charge in [0.15, 0.2) is 5.43 Å². The van der Waals surface area contributed by atoms with Gasteiger partial charge in [-0.3, -0.25) is 4.79 Å². The summed E-state index contributed by atoms with van der Waals surface area (Å²) in [6.45, 7) is 7.28. The Bertz CT molecular complexity index is 903. The van der Waals surface area contributed by atoms with Gasteiger partial charge in [0.1, 0.15) is 11.6 Å². The van der Waals surface area contributed by atoms with Crippen molar-refractivity contribution in [3.05, 3.63) is 40.4 Å². The Balaban J connectivity index is 2.03. The summed E-state index contributed by atoms with van der Waals surface area (Å²) in [5.74, 6) is 0.139. The minimum absolute atomic E-state index is 0.134. The Hall–Kier alpha value is -1.99. The normalized spacial score (nSPS) is 17.3. The summed E-state index contributed by atoms with van der Waals surface area (Å²) >= 11 is 1.59. The second-order valence-corrected chi connectivity index (χ2v) is 7.13. The highest BCUT2D eigenvalue weighted by Crippen LogP contribution is 2.41. The molecule has 4 rings (SSSR count). The van der Waals surface area contributed by atoms with Gasteiger partial charge in [-0.2, -0.15) is 0 Å². The maximum absolute atomic E-state index is 14.9. The summed E-state index contributed by atoms with van der Waals surface area (Å²) in [6, 6.07) is 1.31. The first-order valence-electron chi connectivity index (χ1n) is 7.94. The van der Waals surface area contributed by atoms with Gasteiger partial charge in [-0.25, -0.2) is 4.39 Å². The number of pyridine rings is 1. The molecule has 5 nitrogen and oxygen atoms in total. The molecule has 0 radical (unpaired) electrons. The van der Waals surface area contributed by atoms with Crippen LogP contribution in [0.2, 0.25) is 0 Å². The van der Waals surface area contributed by atoms with Crippen LogP contribution in [-0.2, 0) is 6.54 Å². The molecule has 0 unspecified atom stereocenters. The van der Waals surface area contributed by atoms with E-state index in [1.165, 1.54) is 6.07 Å². The maximum Gasteiger partial charge on any atom is 0.200 e. The highest BCUT2D eigenvalue weighted by molar-refractivity contribution is 7.99. The number of hydrogen-bond donors (Lipinski definition) is 2. The van der Waals surface area contributed by atoms with Crippen molar-refractivity contribution in [1.82, 2.24) is 9.88 Å². The zero-order valence-corrected chi connectivity index (χ0v) is 14.0. The number of aromatic nitrogens is 1. The fourth-order valence-electron chi connectivity index (χ4n) is 3.44. The summed E-state index contributed by atoms with van der Waals surface area (Å²) in [4.78, 5) is 15.5. The van der Waals surface area contributed by atoms with E-state index < -0.39 is 0 Å². The van der Waals surface area contributed by atoms with Gasteiger partial charge in [0.2, 0.25) is 0 Å². The van der Waals surface area contributed by atoms with Crippen LogP contribution in [0, 0.1) is 5.82 Å². The number of anilines is 1. The molecule has 0 atom stereocenters. The van der Waals surface area contributed by atoms with Gasteiger partial charge in [0.05, 0.1) is 27.0 Å². The molecule has 0 aliphatic carbocycles. The smallest absolute Gasteiger partial charge is 0.200 e. The van der Waals surface area contributed by atoms with Crippen LogP contribution < -0.4 is 15.6 Å². The molecule has 2 N–H and O–H groups in total. The van der Waals surface area contributed by atoms with Gasteiger partial charge in [-0.1, -0.05) is 6.58 Å². The SMILES string of the molecule is C=C(O)c1cn2c3c(c(N4CCNCC4)c(F)cc3c1=O)SCC2. The molecule has 126 valence electrons. The van der Waals surface area contributed by atoms with Crippen molar-refractivity contribution in [3.63, 3.8) is 0 Å². The van der Waals surface area contributed by atoms with Crippen molar-refractivity contribution >= 4 is 34.1 Å². The fourth-order valence-corrected chi connectivity index (χ4v) is 4.66. The van der Waals surface area contributed by atoms with Crippen molar-refractivity contribution in [1.29, 1.82) is 0 Å². The van der Waals surface area contributed by atoms with Crippen LogP contribution >= 0.6 is 11.8 Å². The number of aliphatic hydroxyl groups excluding tert-OH is 1. The van der Waals surface area contributed by atoms with Crippen LogP contribution in [-0.4, -0.2) is 41.6 Å². The summed E-state index contributed by atoms with van der Waals surface area (Å²) in [6.07, 6.45) is 1.63. The van der Waals surface area contributed by atoms with E-state index in [0.29, 0.717) is 17.6 Å². The van der Waals surface area contributed by atoms with E-state index in [9.17, 15) is 14.3 Å². The third-order valence-corrected chi connectivity index (χ3v) is 5.63.